The van der Waals surface area contributed by atoms with Gasteiger partial charge in [0, 0.05) is 42.6 Å². The van der Waals surface area contributed by atoms with Gasteiger partial charge in [-0.1, -0.05) is 72.8 Å². The fraction of sp³-hybridized carbons (Fsp3) is 0.0435. The smallest absolute Gasteiger partial charge is 0.343 e. The van der Waals surface area contributed by atoms with E-state index in [4.69, 9.17) is 26.8 Å². The number of nitrogens with zero attached hydrogens (tertiary/aromatic N) is 6. The molecule has 0 spiro atoms. The van der Waals surface area contributed by atoms with Gasteiger partial charge >= 0.3 is 5.69 Å². The highest BCUT2D eigenvalue weighted by atomic mass is 16.5. The van der Waals surface area contributed by atoms with Gasteiger partial charge in [0.1, 0.15) is 40.3 Å². The summed E-state index contributed by atoms with van der Waals surface area (Å²) in [6.07, 6.45) is 10.6. The molecule has 0 aliphatic rings. The summed E-state index contributed by atoms with van der Waals surface area (Å²) >= 11 is 0. The van der Waals surface area contributed by atoms with E-state index in [0.717, 1.165) is 50.2 Å². The van der Waals surface area contributed by atoms with Crippen LogP contribution in [0.15, 0.2) is 159 Å². The molecule has 0 fully saturated rings. The molecule has 292 valence electrons. The van der Waals surface area contributed by atoms with Crippen LogP contribution in [0.4, 0.5) is 23.0 Å². The first-order valence-corrected chi connectivity index (χ1v) is 18.0. The SMILES string of the molecule is C#[N+]c1cccc(OC)c1.COc1cccc(Nc2c(-c3c(O)ccc4ccccc34)nc3cnccn23)c1.Nc1cnccn1.O=Cc1c(O)ccc2ccccc12. The fourth-order valence-electron chi connectivity index (χ4n) is 5.96. The third kappa shape index (κ3) is 9.85. The number of carbonyl (C=O) groups is 1. The normalized spacial score (nSPS) is 10.1. The van der Waals surface area contributed by atoms with Crippen LogP contribution in [0.3, 0.4) is 0 Å². The van der Waals surface area contributed by atoms with Gasteiger partial charge in [0.15, 0.2) is 11.9 Å². The molecule has 5 N–H and O–H groups in total. The Balaban J connectivity index is 0.000000159. The maximum atomic E-state index is 10.7. The molecule has 9 rings (SSSR count). The van der Waals surface area contributed by atoms with Gasteiger partial charge in [-0.15, -0.1) is 0 Å². The van der Waals surface area contributed by atoms with Crippen molar-refractivity contribution in [2.24, 2.45) is 0 Å². The summed E-state index contributed by atoms with van der Waals surface area (Å²) in [5.74, 6) is 2.93. The lowest BCUT2D eigenvalue weighted by molar-refractivity contribution is 0.112. The molecule has 13 heteroatoms. The predicted molar refractivity (Wildman–Crippen MR) is 232 cm³/mol. The molecular weight excluding hydrogens is 745 g/mol. The first kappa shape index (κ1) is 40.2. The first-order chi connectivity index (χ1) is 28.8. The van der Waals surface area contributed by atoms with Gasteiger partial charge in [-0.3, -0.25) is 19.2 Å². The quantitative estimate of drug-likeness (QED) is 0.118. The molecule has 0 aliphatic carbocycles. The van der Waals surface area contributed by atoms with E-state index in [1.54, 1.807) is 57.2 Å². The Morgan fingerprint density at radius 2 is 1.41 bits per heavy atom. The standard InChI is InChI=1S/C23H18N4O2.C11H8O2.C8H8NO.C4H5N3/c1-29-17-7-4-6-16(13-17)25-23-22(26-20-14-24-11-12-27(20)23)21-18-8-3-2-5-15(18)9-10-19(21)28;12-7-10-9-4-2-1-3-8(9)5-6-11(10)13;1-9-7-4-3-5-8(6-7)10-2;5-4-3-6-1-2-7-4/h2-14,25,28H,1H3;1-7,13H;1,3-6H,2H3;1-3H,(H2,5,7)/q;;+1;. The van der Waals surface area contributed by atoms with Crippen LogP contribution in [0.2, 0.25) is 0 Å². The number of nitrogen functional groups attached to an aromatic ring is 1. The van der Waals surface area contributed by atoms with Crippen LogP contribution < -0.4 is 20.5 Å². The monoisotopic (exact) mass is 783 g/mol. The number of ether oxygens (including phenoxy) is 2. The zero-order valence-electron chi connectivity index (χ0n) is 32.0. The van der Waals surface area contributed by atoms with E-state index >= 15 is 0 Å². The van der Waals surface area contributed by atoms with Gasteiger partial charge in [0.05, 0.1) is 43.8 Å². The zero-order valence-corrected chi connectivity index (χ0v) is 32.0. The van der Waals surface area contributed by atoms with Crippen molar-refractivity contribution in [3.63, 3.8) is 0 Å². The molecule has 0 radical (unpaired) electrons. The lowest BCUT2D eigenvalue weighted by Crippen LogP contribution is -1.98. The van der Waals surface area contributed by atoms with E-state index < -0.39 is 0 Å². The van der Waals surface area contributed by atoms with Crippen LogP contribution in [-0.4, -0.2) is 55.1 Å². The number of rotatable bonds is 6. The molecule has 0 atom stereocenters. The van der Waals surface area contributed by atoms with Crippen molar-refractivity contribution in [3.05, 3.63) is 169 Å². The average molecular weight is 784 g/mol. The van der Waals surface area contributed by atoms with Crippen LogP contribution in [0, 0.1) is 6.57 Å². The summed E-state index contributed by atoms with van der Waals surface area (Å²) in [6.45, 7) is 5.04. The second-order valence-corrected chi connectivity index (χ2v) is 12.4. The van der Waals surface area contributed by atoms with E-state index in [1.165, 1.54) is 12.3 Å². The third-order valence-electron chi connectivity index (χ3n) is 8.76. The number of hydrogen-bond donors (Lipinski definition) is 4. The summed E-state index contributed by atoms with van der Waals surface area (Å²) in [5, 5.41) is 27.3. The molecular formula is C46H39N8O5+. The number of phenols is 2. The summed E-state index contributed by atoms with van der Waals surface area (Å²) in [6, 6.07) is 37.3. The van der Waals surface area contributed by atoms with Crippen LogP contribution in [0.5, 0.6) is 23.0 Å². The molecule has 0 saturated heterocycles. The molecule has 13 nitrogen and oxygen atoms in total. The summed E-state index contributed by atoms with van der Waals surface area (Å²) < 4.78 is 12.2. The number of aldehydes is 1. The van der Waals surface area contributed by atoms with Gasteiger partial charge in [0.25, 0.3) is 6.57 Å². The lowest BCUT2D eigenvalue weighted by Gasteiger charge is -2.12. The largest absolute Gasteiger partial charge is 0.507 e. The van der Waals surface area contributed by atoms with Crippen molar-refractivity contribution in [1.29, 1.82) is 0 Å². The number of imidazole rings is 1. The number of methoxy groups -OCH3 is 2. The minimum absolute atomic E-state index is 0.0358. The van der Waals surface area contributed by atoms with Crippen LogP contribution in [0.1, 0.15) is 10.4 Å². The second kappa shape index (κ2) is 19.4. The number of carbonyl (C=O) groups excluding carboxylic acids is 1. The number of aromatic nitrogens is 5. The van der Waals surface area contributed by atoms with Crippen molar-refractivity contribution >= 4 is 56.5 Å². The summed E-state index contributed by atoms with van der Waals surface area (Å²) in [4.78, 5) is 30.5. The van der Waals surface area contributed by atoms with Gasteiger partial charge in [0.2, 0.25) is 0 Å². The molecule has 3 aromatic heterocycles. The van der Waals surface area contributed by atoms with Gasteiger partial charge in [-0.2, -0.15) is 0 Å². The number of nitrogens with one attached hydrogen (secondary N) is 1. The van der Waals surface area contributed by atoms with Crippen molar-refractivity contribution in [3.8, 4) is 40.8 Å². The van der Waals surface area contributed by atoms with E-state index in [9.17, 15) is 15.0 Å². The van der Waals surface area contributed by atoms with Gasteiger partial charge in [-0.25, -0.2) is 9.97 Å². The topological polar surface area (TPSA) is 174 Å². The Bertz CT molecular complexity index is 2880. The van der Waals surface area contributed by atoms with Crippen LogP contribution in [0.25, 0.3) is 43.3 Å². The van der Waals surface area contributed by atoms with Crippen molar-refractivity contribution in [2.75, 3.05) is 25.3 Å². The number of hydrogen-bond acceptors (Lipinski definition) is 11. The molecule has 0 saturated carbocycles. The number of anilines is 3. The Labute approximate surface area is 339 Å². The number of phenolic OH excluding ortho intramolecular Hbond substituents is 2. The first-order valence-electron chi connectivity index (χ1n) is 18.0. The third-order valence-corrected chi connectivity index (χ3v) is 8.76. The van der Waals surface area contributed by atoms with Crippen molar-refractivity contribution in [2.45, 2.75) is 0 Å². The lowest BCUT2D eigenvalue weighted by atomic mass is 10.0. The van der Waals surface area contributed by atoms with Crippen molar-refractivity contribution in [1.82, 2.24) is 24.3 Å². The number of benzene rings is 6. The molecule has 6 aromatic carbocycles. The highest BCUT2D eigenvalue weighted by molar-refractivity contribution is 6.02. The van der Waals surface area contributed by atoms with E-state index in [-0.39, 0.29) is 11.5 Å². The van der Waals surface area contributed by atoms with Gasteiger partial charge < -0.3 is 30.7 Å². The summed E-state index contributed by atoms with van der Waals surface area (Å²) in [7, 11) is 3.24. The predicted octanol–water partition coefficient (Wildman–Crippen LogP) is 9.71. The minimum atomic E-state index is 0.0358. The second-order valence-electron chi connectivity index (χ2n) is 12.4. The van der Waals surface area contributed by atoms with Gasteiger partial charge in [-0.05, 0) is 56.7 Å². The maximum absolute atomic E-state index is 10.7. The number of nitrogens with two attached hydrogens (primary N) is 1. The minimum Gasteiger partial charge on any atom is -0.507 e. The van der Waals surface area contributed by atoms with Crippen LogP contribution in [-0.2, 0) is 0 Å². The number of aromatic hydroxyl groups is 2. The Morgan fingerprint density at radius 3 is 2.07 bits per heavy atom. The van der Waals surface area contributed by atoms with E-state index in [2.05, 4.69) is 25.1 Å². The zero-order chi connectivity index (χ0) is 41.6. The van der Waals surface area contributed by atoms with Crippen molar-refractivity contribution < 1.29 is 24.5 Å². The van der Waals surface area contributed by atoms with Crippen LogP contribution >= 0.6 is 0 Å². The molecule has 0 unspecified atom stereocenters. The molecule has 0 amide bonds. The highest BCUT2D eigenvalue weighted by Crippen LogP contribution is 2.41. The number of fused-ring (bicyclic) bond motifs is 3. The highest BCUT2D eigenvalue weighted by Gasteiger charge is 2.20. The average Bonchev–Trinajstić information content (AvgIpc) is 3.64. The fourth-order valence-corrected chi connectivity index (χ4v) is 5.96. The maximum Gasteiger partial charge on any atom is 0.343 e. The molecule has 0 aliphatic heterocycles. The Morgan fingerprint density at radius 1 is 0.746 bits per heavy atom. The molecule has 3 heterocycles. The van der Waals surface area contributed by atoms with E-state index in [0.29, 0.717) is 34.6 Å². The summed E-state index contributed by atoms with van der Waals surface area (Å²) in [5.41, 5.74) is 9.12. The molecule has 59 heavy (non-hydrogen) atoms. The molecule has 9 aromatic rings. The Kier molecular flexibility index (Phi) is 13.2. The van der Waals surface area contributed by atoms with E-state index in [1.807, 2.05) is 108 Å². The molecule has 0 bridgehead atoms. The Hall–Kier alpha value is -8.50.